The fraction of sp³-hybridized carbons (Fsp3) is 0.899. The van der Waals surface area contributed by atoms with Gasteiger partial charge < -0.3 is 65.7 Å². The van der Waals surface area contributed by atoms with Crippen LogP contribution in [0.15, 0.2) is 9.32 Å². The average Bonchev–Trinajstić information content (AvgIpc) is 1.10. The highest BCUT2D eigenvalue weighted by molar-refractivity contribution is 5.70. The molecule has 14 rings (SSSR count). The number of carboxylic acid groups (broad SMARTS) is 5. The number of rotatable bonds is 21. The molecule has 0 bridgehead atoms. The maximum Gasteiger partial charge on any atom is 0.438 e. The van der Waals surface area contributed by atoms with Gasteiger partial charge in [0.05, 0.1) is 32.1 Å². The second-order valence-corrected chi connectivity index (χ2v) is 35.5. The Morgan fingerprint density at radius 3 is 0.875 bits per heavy atom. The van der Waals surface area contributed by atoms with Crippen molar-refractivity contribution in [3.05, 3.63) is 22.2 Å². The van der Waals surface area contributed by atoms with Crippen LogP contribution in [0.1, 0.15) is 301 Å². The third kappa shape index (κ3) is 21.9. The number of tetrazole rings is 1. The van der Waals surface area contributed by atoms with Crippen LogP contribution in [-0.2, 0) is 36.8 Å². The Labute approximate surface area is 618 Å². The van der Waals surface area contributed by atoms with Crippen molar-refractivity contribution in [2.45, 2.75) is 302 Å². The summed E-state index contributed by atoms with van der Waals surface area (Å²) in [6, 6.07) is 0. The number of aliphatic carboxylic acids is 5. The molecule has 0 radical (unpaired) electrons. The molecule has 2 aromatic heterocycles. The number of nitrogens with zero attached hydrogens (tertiary/aromatic N) is 4. The summed E-state index contributed by atoms with van der Waals surface area (Å²) in [5.74, 6) is 4.45. The van der Waals surface area contributed by atoms with Crippen molar-refractivity contribution in [3.63, 3.8) is 0 Å². The van der Waals surface area contributed by atoms with Crippen LogP contribution in [0.3, 0.4) is 0 Å². The van der Waals surface area contributed by atoms with Crippen LogP contribution in [0, 0.1) is 97.1 Å². The highest BCUT2D eigenvalue weighted by atomic mass is 16.5. The van der Waals surface area contributed by atoms with Gasteiger partial charge in [-0.2, -0.15) is 5.21 Å². The molecule has 0 unspecified atom stereocenters. The molecule has 104 heavy (non-hydrogen) atoms. The van der Waals surface area contributed by atoms with Gasteiger partial charge in [0, 0.05) is 12.8 Å². The van der Waals surface area contributed by atoms with E-state index in [2.05, 4.69) is 35.3 Å². The van der Waals surface area contributed by atoms with E-state index in [4.69, 9.17) is 65.7 Å². The molecule has 12 aliphatic rings. The van der Waals surface area contributed by atoms with Gasteiger partial charge in [0.15, 0.2) is 11.6 Å². The summed E-state index contributed by atoms with van der Waals surface area (Å²) in [4.78, 5) is 67.7. The third-order valence-electron chi connectivity index (χ3n) is 29.3. The normalized spacial score (nSPS) is 34.6. The third-order valence-corrected chi connectivity index (χ3v) is 29.3. The summed E-state index contributed by atoms with van der Waals surface area (Å²) >= 11 is 0. The van der Waals surface area contributed by atoms with Gasteiger partial charge in [0.1, 0.15) is 0 Å². The number of fused-ring (bicyclic) bond motifs is 5. The molecule has 0 spiro atoms. The van der Waals surface area contributed by atoms with E-state index in [-0.39, 0.29) is 70.0 Å². The van der Waals surface area contributed by atoms with Crippen LogP contribution in [-0.4, -0.2) is 132 Å². The summed E-state index contributed by atoms with van der Waals surface area (Å²) < 4.78 is 4.49. The van der Waals surface area contributed by atoms with Gasteiger partial charge in [-0.1, -0.05) is 177 Å². The first-order valence-corrected chi connectivity index (χ1v) is 41.2. The molecule has 25 heteroatoms. The first-order chi connectivity index (χ1) is 50.0. The molecule has 12 saturated carbocycles. The lowest BCUT2D eigenvalue weighted by Crippen LogP contribution is -2.54. The molecule has 592 valence electrons. The van der Waals surface area contributed by atoms with Crippen molar-refractivity contribution < 1.29 is 54.0 Å². The van der Waals surface area contributed by atoms with E-state index in [0.717, 1.165) is 99.7 Å². The van der Waals surface area contributed by atoms with Gasteiger partial charge in [0.25, 0.3) is 0 Å². The zero-order chi connectivity index (χ0) is 75.0. The van der Waals surface area contributed by atoms with Crippen LogP contribution >= 0.6 is 0 Å². The predicted molar refractivity (Wildman–Crippen MR) is 400 cm³/mol. The first-order valence-electron chi connectivity index (χ1n) is 41.2. The molecule has 12 aliphatic carbocycles. The summed E-state index contributed by atoms with van der Waals surface area (Å²) in [7, 11) is 0. The number of hydrogen-bond donors (Lipinski definition) is 14. The van der Waals surface area contributed by atoms with Crippen molar-refractivity contribution in [2.75, 3.05) is 45.8 Å². The van der Waals surface area contributed by atoms with Gasteiger partial charge in [-0.25, -0.2) is 4.79 Å². The first kappa shape index (κ1) is 84.7. The standard InChI is InChI=1S/4C12H21NO2.C11H19NO2.C10H19N5.C10H17N3O2/c4*13-8-12(7-11(14)15)6-9-4-2-1-3-5-10(9)12;12-7-11(6-10(13)14)5-8-3-1-2-4-9(8)11;11-8-10(5-3-1-2-4-6-10)7-9-12-14-15-13-9;11-7-10(4-2-1-3-5-10)6-8-12-9(14)15-13-8/h4*9-10H,1-8,13H2,(H,14,15);8-9H,1-7,12H2,(H,13,14);1-8,11H2,(H,12,13,14,15);1-7,11H2,(H,12,13,14)/t2*9-,10-,12+;2*9-,10-,12-;8-,9-,11-;;/m10100../s1. The van der Waals surface area contributed by atoms with E-state index in [1.54, 1.807) is 0 Å². The second-order valence-electron chi connectivity index (χ2n) is 35.5. The highest BCUT2D eigenvalue weighted by Gasteiger charge is 2.57. The van der Waals surface area contributed by atoms with E-state index in [0.29, 0.717) is 74.7 Å². The molecule has 2 heterocycles. The van der Waals surface area contributed by atoms with Crippen LogP contribution in [0.4, 0.5) is 0 Å². The lowest BCUT2D eigenvalue weighted by atomic mass is 9.48. The Kier molecular flexibility index (Phi) is 32.5. The molecular weight excluding hydrogens is 1320 g/mol. The maximum absolute atomic E-state index is 10.9. The Hall–Kier alpha value is -4.92. The molecule has 2 aromatic rings. The fourth-order valence-corrected chi connectivity index (χ4v) is 23.6. The minimum Gasteiger partial charge on any atom is -0.481 e. The largest absolute Gasteiger partial charge is 0.481 e. The van der Waals surface area contributed by atoms with Crippen molar-refractivity contribution in [1.82, 2.24) is 30.8 Å². The molecule has 25 nitrogen and oxygen atoms in total. The van der Waals surface area contributed by atoms with Gasteiger partial charge in [-0.15, -0.1) is 10.2 Å². The van der Waals surface area contributed by atoms with Gasteiger partial charge in [0.2, 0.25) is 0 Å². The summed E-state index contributed by atoms with van der Waals surface area (Å²) in [5.41, 5.74) is 40.9. The van der Waals surface area contributed by atoms with Gasteiger partial charge in [-0.05, 0) is 233 Å². The average molecular weight is 1460 g/mol. The number of H-pyrrole nitrogens is 2. The molecule has 21 N–H and O–H groups in total. The number of carbonyl (C=O) groups is 5. The van der Waals surface area contributed by atoms with Crippen molar-refractivity contribution in [3.8, 4) is 0 Å². The number of nitrogens with two attached hydrogens (primary N) is 7. The van der Waals surface area contributed by atoms with Crippen LogP contribution in [0.5, 0.6) is 0 Å². The van der Waals surface area contributed by atoms with Crippen molar-refractivity contribution >= 4 is 29.8 Å². The van der Waals surface area contributed by atoms with E-state index in [1.807, 2.05) is 0 Å². The number of aromatic nitrogens is 6. The SMILES string of the molecule is NCC1(Cc2nn[nH]n2)CCCCCC1.NCC1(Cc2noc(=O)[nH]2)CCCCC1.NC[C@@]1(CC(=O)O)C[C@@H]2CCCCC[C@@H]21.NC[C@@]1(CC(=O)O)C[C@@H]2CCCC[C@@H]21.NC[C@@]1(CC(=O)O)C[C@H]2CCCCC[C@H]21.NC[C@]1(CC(=O)O)C[C@@H]2CCCCC[C@@H]21.NC[C@]1(CC(=O)O)C[C@H]2CCCCC[C@H]21. The van der Waals surface area contributed by atoms with Crippen molar-refractivity contribution in [1.29, 1.82) is 0 Å². The molecular formula is C79H139N13O12. The maximum atomic E-state index is 10.9. The zero-order valence-corrected chi connectivity index (χ0v) is 63.4. The highest BCUT2D eigenvalue weighted by Crippen LogP contribution is 2.62. The van der Waals surface area contributed by atoms with E-state index in [1.165, 1.54) is 212 Å². The number of hydrogen-bond acceptors (Lipinski definition) is 18. The number of nitrogens with one attached hydrogen (secondary N) is 2. The molecule has 15 atom stereocenters. The summed E-state index contributed by atoms with van der Waals surface area (Å²) in [6.45, 7) is 4.17. The summed E-state index contributed by atoms with van der Waals surface area (Å²) in [5, 5.41) is 62.6. The monoisotopic (exact) mass is 1460 g/mol. The minimum absolute atomic E-state index is 0.0447. The topological polar surface area (TPSA) is 482 Å². The quantitative estimate of drug-likeness (QED) is 0.0516. The van der Waals surface area contributed by atoms with E-state index >= 15 is 0 Å². The van der Waals surface area contributed by atoms with Crippen LogP contribution in [0.25, 0.3) is 0 Å². The Morgan fingerprint density at radius 2 is 0.625 bits per heavy atom. The zero-order valence-electron chi connectivity index (χ0n) is 63.4. The number of aromatic amines is 2. The van der Waals surface area contributed by atoms with E-state index in [9.17, 15) is 28.8 Å². The van der Waals surface area contributed by atoms with Gasteiger partial charge >= 0.3 is 35.6 Å². The van der Waals surface area contributed by atoms with E-state index < -0.39 is 35.6 Å². The van der Waals surface area contributed by atoms with Crippen molar-refractivity contribution in [2.24, 2.45) is 137 Å². The number of carboxylic acids is 5. The molecule has 0 saturated heterocycles. The molecule has 0 amide bonds. The van der Waals surface area contributed by atoms with Crippen LogP contribution < -0.4 is 45.9 Å². The lowest BCUT2D eigenvalue weighted by Gasteiger charge is -2.57. The fourth-order valence-electron chi connectivity index (χ4n) is 23.6. The Bertz CT molecular complexity index is 2790. The van der Waals surface area contributed by atoms with Crippen LogP contribution in [0.2, 0.25) is 0 Å². The molecule has 0 aliphatic heterocycles. The minimum atomic E-state index is -0.681. The predicted octanol–water partition coefficient (Wildman–Crippen LogP) is 11.5. The lowest BCUT2D eigenvalue weighted by molar-refractivity contribution is -0.149. The molecule has 12 fully saturated rings. The smallest absolute Gasteiger partial charge is 0.438 e. The second kappa shape index (κ2) is 40.0. The van der Waals surface area contributed by atoms with Gasteiger partial charge in [-0.3, -0.25) is 33.5 Å². The molecule has 0 aromatic carbocycles. The Balaban J connectivity index is 0.000000154. The Morgan fingerprint density at radius 1 is 0.365 bits per heavy atom. The summed E-state index contributed by atoms with van der Waals surface area (Å²) in [6.07, 6.45) is 52.7.